The number of nitrogens with one attached hydrogen (secondary N) is 2. The van der Waals surface area contributed by atoms with E-state index in [1.165, 1.54) is 0 Å². The smallest absolute Gasteiger partial charge is 0.320 e. The highest BCUT2D eigenvalue weighted by Crippen LogP contribution is 2.34. The number of benzene rings is 1. The first-order chi connectivity index (χ1) is 15.6. The molecule has 166 valence electrons. The Balaban J connectivity index is 1.90. The van der Waals surface area contributed by atoms with E-state index in [1.807, 2.05) is 45.0 Å². The van der Waals surface area contributed by atoms with Crippen LogP contribution in [0.3, 0.4) is 0 Å². The van der Waals surface area contributed by atoms with Crippen LogP contribution in [0.2, 0.25) is 5.02 Å². The van der Waals surface area contributed by atoms with E-state index in [-0.39, 0.29) is 11.5 Å². The van der Waals surface area contributed by atoms with Crippen molar-refractivity contribution in [2.45, 2.75) is 26.3 Å². The number of aromatic nitrogens is 5. The number of hydrogen-bond donors (Lipinski definition) is 2. The zero-order valence-electron chi connectivity index (χ0n) is 18.5. The zero-order valence-corrected chi connectivity index (χ0v) is 19.3. The third-order valence-corrected chi connectivity index (χ3v) is 4.90. The molecular weight excluding hydrogens is 440 g/mol. The molecule has 0 unspecified atom stereocenters. The molecule has 0 atom stereocenters. The lowest BCUT2D eigenvalue weighted by molar-refractivity contribution is 0.243. The minimum Gasteiger partial charge on any atom is -0.333 e. The second-order valence-electron chi connectivity index (χ2n) is 8.47. The van der Waals surface area contributed by atoms with Crippen molar-refractivity contribution >= 4 is 34.4 Å². The summed E-state index contributed by atoms with van der Waals surface area (Å²) in [6, 6.07) is 10.6. The van der Waals surface area contributed by atoms with E-state index < -0.39 is 11.6 Å². The van der Waals surface area contributed by atoms with E-state index in [1.54, 1.807) is 36.3 Å². The van der Waals surface area contributed by atoms with E-state index in [0.717, 1.165) is 5.39 Å². The lowest BCUT2D eigenvalue weighted by Gasteiger charge is -2.21. The molecule has 0 fully saturated rings. The van der Waals surface area contributed by atoms with Gasteiger partial charge >= 0.3 is 6.03 Å². The molecule has 0 spiro atoms. The summed E-state index contributed by atoms with van der Waals surface area (Å²) in [4.78, 5) is 25.9. The summed E-state index contributed by atoms with van der Waals surface area (Å²) in [6.45, 7) is 5.55. The van der Waals surface area contributed by atoms with E-state index in [9.17, 15) is 10.1 Å². The Hall–Kier alpha value is -4.03. The topological polar surface area (TPSA) is 121 Å². The number of fused-ring (bicyclic) bond motifs is 1. The van der Waals surface area contributed by atoms with Crippen LogP contribution in [0.1, 0.15) is 26.5 Å². The van der Waals surface area contributed by atoms with E-state index in [0.29, 0.717) is 33.2 Å². The van der Waals surface area contributed by atoms with Crippen molar-refractivity contribution in [3.05, 3.63) is 53.4 Å². The van der Waals surface area contributed by atoms with Crippen LogP contribution in [0.25, 0.3) is 33.5 Å². The van der Waals surface area contributed by atoms with Crippen LogP contribution in [-0.2, 0) is 7.05 Å². The number of urea groups is 1. The maximum atomic E-state index is 12.5. The molecule has 4 aromatic rings. The molecular formula is C23H21ClN8O. The van der Waals surface area contributed by atoms with Crippen molar-refractivity contribution in [3.8, 4) is 28.7 Å². The van der Waals surface area contributed by atoms with E-state index in [4.69, 9.17) is 11.6 Å². The number of anilines is 1. The molecule has 0 aliphatic rings. The van der Waals surface area contributed by atoms with Gasteiger partial charge in [-0.15, -0.1) is 0 Å². The second kappa shape index (κ2) is 8.48. The highest BCUT2D eigenvalue weighted by Gasteiger charge is 2.22. The van der Waals surface area contributed by atoms with Crippen LogP contribution in [-0.4, -0.2) is 36.3 Å². The molecule has 2 N–H and O–H groups in total. The molecule has 0 radical (unpaired) electrons. The summed E-state index contributed by atoms with van der Waals surface area (Å²) in [6.07, 6.45) is 3.44. The van der Waals surface area contributed by atoms with E-state index >= 15 is 0 Å². The SMILES string of the molecule is Cn1ccc(-c2nc(NC(=O)NC(C)(C)C)c(C#N)nc2-c2cc(Cl)c3ncccc3c2)n1. The number of amides is 2. The number of pyridine rings is 1. The maximum Gasteiger partial charge on any atom is 0.320 e. The van der Waals surface area contributed by atoms with Gasteiger partial charge in [0.2, 0.25) is 0 Å². The van der Waals surface area contributed by atoms with Crippen molar-refractivity contribution in [1.82, 2.24) is 30.0 Å². The van der Waals surface area contributed by atoms with Gasteiger partial charge in [-0.3, -0.25) is 15.0 Å². The van der Waals surface area contributed by atoms with Crippen molar-refractivity contribution < 1.29 is 4.79 Å². The van der Waals surface area contributed by atoms with Crippen molar-refractivity contribution in [1.29, 1.82) is 5.26 Å². The van der Waals surface area contributed by atoms with Crippen LogP contribution < -0.4 is 10.6 Å². The summed E-state index contributed by atoms with van der Waals surface area (Å²) < 4.78 is 1.63. The quantitative estimate of drug-likeness (QED) is 0.463. The number of nitrogens with zero attached hydrogens (tertiary/aromatic N) is 6. The third kappa shape index (κ3) is 4.76. The first-order valence-corrected chi connectivity index (χ1v) is 10.5. The third-order valence-electron chi connectivity index (χ3n) is 4.61. The Morgan fingerprint density at radius 1 is 1.18 bits per heavy atom. The molecule has 0 saturated carbocycles. The molecule has 0 bridgehead atoms. The molecule has 4 rings (SSSR count). The monoisotopic (exact) mass is 460 g/mol. The fraction of sp³-hybridized carbons (Fsp3) is 0.217. The van der Waals surface area contributed by atoms with Crippen LogP contribution in [0.4, 0.5) is 10.6 Å². The lowest BCUT2D eigenvalue weighted by Crippen LogP contribution is -2.43. The van der Waals surface area contributed by atoms with Gasteiger partial charge in [0.1, 0.15) is 23.2 Å². The maximum absolute atomic E-state index is 12.5. The van der Waals surface area contributed by atoms with E-state index in [2.05, 4.69) is 30.7 Å². The Kier molecular flexibility index (Phi) is 5.70. The van der Waals surface area contributed by atoms with Gasteiger partial charge in [-0.25, -0.2) is 14.8 Å². The van der Waals surface area contributed by atoms with Gasteiger partial charge in [-0.1, -0.05) is 17.7 Å². The number of halogens is 1. The molecule has 2 amide bonds. The standard InChI is InChI=1S/C23H21ClN8O/c1-23(2,3)30-22(33)29-21-17(12-25)27-19(20(28-21)16-7-9-32(4)31-16)14-10-13-6-5-8-26-18(13)15(24)11-14/h5-11H,1-4H3,(H2,28,29,30,33). The number of rotatable bonds is 3. The average Bonchev–Trinajstić information content (AvgIpc) is 3.18. The Morgan fingerprint density at radius 2 is 1.97 bits per heavy atom. The summed E-state index contributed by atoms with van der Waals surface area (Å²) >= 11 is 6.49. The van der Waals surface area contributed by atoms with Crippen molar-refractivity contribution in [3.63, 3.8) is 0 Å². The fourth-order valence-electron chi connectivity index (χ4n) is 3.29. The van der Waals surface area contributed by atoms with Crippen molar-refractivity contribution in [2.75, 3.05) is 5.32 Å². The molecule has 1 aromatic carbocycles. The highest BCUT2D eigenvalue weighted by atomic mass is 35.5. The van der Waals surface area contributed by atoms with Gasteiger partial charge in [0, 0.05) is 35.9 Å². The second-order valence-corrected chi connectivity index (χ2v) is 8.87. The molecule has 10 heteroatoms. The molecule has 0 aliphatic heterocycles. The summed E-state index contributed by atoms with van der Waals surface area (Å²) in [7, 11) is 1.79. The predicted molar refractivity (Wildman–Crippen MR) is 127 cm³/mol. The van der Waals surface area contributed by atoms with Gasteiger partial charge in [0.15, 0.2) is 11.5 Å². The average molecular weight is 461 g/mol. The number of carbonyl (C=O) groups excluding carboxylic acids is 1. The Morgan fingerprint density at radius 3 is 2.64 bits per heavy atom. The zero-order chi connectivity index (χ0) is 23.8. The number of carbonyl (C=O) groups is 1. The summed E-state index contributed by atoms with van der Waals surface area (Å²) in [5, 5.41) is 20.9. The Labute approximate surface area is 195 Å². The summed E-state index contributed by atoms with van der Waals surface area (Å²) in [5.74, 6) is 0.0391. The molecule has 33 heavy (non-hydrogen) atoms. The number of aryl methyl sites for hydroxylation is 1. The molecule has 9 nitrogen and oxygen atoms in total. The fourth-order valence-corrected chi connectivity index (χ4v) is 3.56. The Bertz CT molecular complexity index is 1410. The van der Waals surface area contributed by atoms with Crippen LogP contribution >= 0.6 is 11.6 Å². The largest absolute Gasteiger partial charge is 0.333 e. The molecule has 3 heterocycles. The minimum absolute atomic E-state index is 0.0313. The molecule has 0 aliphatic carbocycles. The first-order valence-electron chi connectivity index (χ1n) is 10.1. The molecule has 3 aromatic heterocycles. The van der Waals surface area contributed by atoms with Crippen LogP contribution in [0.5, 0.6) is 0 Å². The molecule has 0 saturated heterocycles. The summed E-state index contributed by atoms with van der Waals surface area (Å²) in [5.41, 5.74) is 2.16. The predicted octanol–water partition coefficient (Wildman–Crippen LogP) is 4.54. The highest BCUT2D eigenvalue weighted by molar-refractivity contribution is 6.35. The van der Waals surface area contributed by atoms with Crippen molar-refractivity contribution in [2.24, 2.45) is 7.05 Å². The van der Waals surface area contributed by atoms with Crippen LogP contribution in [0, 0.1) is 11.3 Å². The van der Waals surface area contributed by atoms with Gasteiger partial charge in [-0.05, 0) is 45.0 Å². The van der Waals surface area contributed by atoms with Gasteiger partial charge in [-0.2, -0.15) is 10.4 Å². The first kappa shape index (κ1) is 22.2. The normalized spacial score (nSPS) is 11.3. The lowest BCUT2D eigenvalue weighted by atomic mass is 10.0. The number of nitriles is 1. The number of hydrogen-bond acceptors (Lipinski definition) is 6. The van der Waals surface area contributed by atoms with Gasteiger partial charge in [0.05, 0.1) is 10.5 Å². The van der Waals surface area contributed by atoms with Gasteiger partial charge < -0.3 is 5.32 Å². The van der Waals surface area contributed by atoms with Crippen LogP contribution in [0.15, 0.2) is 42.7 Å². The minimum atomic E-state index is -0.493. The van der Waals surface area contributed by atoms with Gasteiger partial charge in [0.25, 0.3) is 0 Å².